The molecule has 1 aromatic carbocycles. The molecule has 1 aromatic heterocycles. The summed E-state index contributed by atoms with van der Waals surface area (Å²) in [6.45, 7) is 8.70. The summed E-state index contributed by atoms with van der Waals surface area (Å²) in [7, 11) is 1.63. The zero-order valence-electron chi connectivity index (χ0n) is 15.9. The Hall–Kier alpha value is -1.92. The Morgan fingerprint density at radius 2 is 1.92 bits per heavy atom. The average Bonchev–Trinajstić information content (AvgIpc) is 2.61. The molecule has 1 heterocycles. The van der Waals surface area contributed by atoms with E-state index >= 15 is 0 Å². The van der Waals surface area contributed by atoms with Gasteiger partial charge in [-0.2, -0.15) is 0 Å². The van der Waals surface area contributed by atoms with Crippen LogP contribution in [-0.4, -0.2) is 24.2 Å². The summed E-state index contributed by atoms with van der Waals surface area (Å²) in [4.78, 5) is 25.7. The fourth-order valence-corrected chi connectivity index (χ4v) is 3.52. The number of pyridine rings is 1. The maximum Gasteiger partial charge on any atom is 0.261 e. The molecular weight excluding hydrogens is 396 g/mol. The number of nitrogens with one attached hydrogen (secondary N) is 1. The van der Waals surface area contributed by atoms with Crippen LogP contribution in [0.25, 0.3) is 0 Å². The highest BCUT2D eigenvalue weighted by Gasteiger charge is 2.22. The molecule has 0 saturated carbocycles. The van der Waals surface area contributed by atoms with E-state index in [1.165, 1.54) is 0 Å². The van der Waals surface area contributed by atoms with Crippen LogP contribution in [0.5, 0.6) is 0 Å². The molecule has 0 aliphatic heterocycles. The summed E-state index contributed by atoms with van der Waals surface area (Å²) >= 11 is 3.35. The van der Waals surface area contributed by atoms with Crippen LogP contribution in [0.1, 0.15) is 39.8 Å². The van der Waals surface area contributed by atoms with Crippen molar-refractivity contribution >= 4 is 27.5 Å². The lowest BCUT2D eigenvalue weighted by molar-refractivity contribution is 0.102. The number of rotatable bonds is 6. The molecule has 26 heavy (non-hydrogen) atoms. The van der Waals surface area contributed by atoms with Gasteiger partial charge in [-0.15, -0.1) is 0 Å². The van der Waals surface area contributed by atoms with Gasteiger partial charge in [0, 0.05) is 30.7 Å². The number of para-hydroxylation sites is 1. The van der Waals surface area contributed by atoms with Crippen LogP contribution in [0.3, 0.4) is 0 Å². The molecule has 0 aliphatic carbocycles. The first-order valence-corrected chi connectivity index (χ1v) is 9.41. The fraction of sp³-hybridized carbons (Fsp3) is 0.400. The molecule has 2 rings (SSSR count). The van der Waals surface area contributed by atoms with Crippen molar-refractivity contribution in [3.05, 3.63) is 61.0 Å². The molecule has 0 radical (unpaired) electrons. The van der Waals surface area contributed by atoms with Crippen molar-refractivity contribution in [3.63, 3.8) is 0 Å². The third-order valence-electron chi connectivity index (χ3n) is 4.64. The number of amides is 1. The molecule has 0 spiro atoms. The number of hydrogen-bond donors (Lipinski definition) is 1. The van der Waals surface area contributed by atoms with Gasteiger partial charge in [-0.1, -0.05) is 25.1 Å². The number of anilines is 1. The summed E-state index contributed by atoms with van der Waals surface area (Å²) < 4.78 is 7.49. The lowest BCUT2D eigenvalue weighted by atomic mass is 10.0. The van der Waals surface area contributed by atoms with Gasteiger partial charge in [0.15, 0.2) is 0 Å². The molecule has 0 saturated heterocycles. The fourth-order valence-electron chi connectivity index (χ4n) is 3.11. The van der Waals surface area contributed by atoms with Crippen LogP contribution < -0.4 is 10.7 Å². The topological polar surface area (TPSA) is 60.3 Å². The lowest BCUT2D eigenvalue weighted by Crippen LogP contribution is -2.29. The molecular formula is C20H25BrN2O3. The summed E-state index contributed by atoms with van der Waals surface area (Å²) in [6.07, 6.45) is 0.798. The molecule has 6 heteroatoms. The minimum Gasteiger partial charge on any atom is -0.383 e. The number of methoxy groups -OCH3 is 1. The Labute approximate surface area is 162 Å². The van der Waals surface area contributed by atoms with E-state index in [4.69, 9.17) is 4.74 Å². The van der Waals surface area contributed by atoms with E-state index < -0.39 is 0 Å². The normalized spacial score (nSPS) is 10.8. The molecule has 0 atom stereocenters. The van der Waals surface area contributed by atoms with Crippen molar-refractivity contribution < 1.29 is 9.53 Å². The minimum absolute atomic E-state index is 0.156. The van der Waals surface area contributed by atoms with Gasteiger partial charge < -0.3 is 14.6 Å². The molecule has 140 valence electrons. The summed E-state index contributed by atoms with van der Waals surface area (Å²) in [5, 5.41) is 2.95. The van der Waals surface area contributed by atoms with E-state index in [0.29, 0.717) is 23.3 Å². The van der Waals surface area contributed by atoms with Crippen molar-refractivity contribution in [1.29, 1.82) is 0 Å². The maximum atomic E-state index is 13.0. The Bertz CT molecular complexity index is 888. The average molecular weight is 421 g/mol. The Morgan fingerprint density at radius 3 is 2.54 bits per heavy atom. The highest BCUT2D eigenvalue weighted by atomic mass is 79.9. The van der Waals surface area contributed by atoms with Crippen LogP contribution >= 0.6 is 15.9 Å². The van der Waals surface area contributed by atoms with Gasteiger partial charge in [0.05, 0.1) is 11.1 Å². The zero-order chi connectivity index (χ0) is 19.4. The standard InChI is InChI=1S/C20H25BrN2O3/c1-6-15-9-7-8-12(2)18(15)22-20(25)16-13(3)23(10-11-26-5)14(4)17(21)19(16)24/h7-9H,6,10-11H2,1-5H3,(H,22,25). The Balaban J connectivity index is 2.53. The molecule has 0 unspecified atom stereocenters. The SMILES string of the molecule is CCc1cccc(C)c1NC(=O)c1c(C)n(CCOC)c(C)c(Br)c1=O. The van der Waals surface area contributed by atoms with Crippen molar-refractivity contribution in [3.8, 4) is 0 Å². The second-order valence-electron chi connectivity index (χ2n) is 6.25. The number of nitrogens with zero attached hydrogens (tertiary/aromatic N) is 1. The molecule has 0 fully saturated rings. The number of benzene rings is 1. The molecule has 1 amide bonds. The molecule has 0 bridgehead atoms. The van der Waals surface area contributed by atoms with Gasteiger partial charge in [0.1, 0.15) is 5.56 Å². The van der Waals surface area contributed by atoms with E-state index in [1.54, 1.807) is 14.0 Å². The van der Waals surface area contributed by atoms with Crippen molar-refractivity contribution in [2.24, 2.45) is 0 Å². The highest BCUT2D eigenvalue weighted by Crippen LogP contribution is 2.23. The smallest absolute Gasteiger partial charge is 0.261 e. The number of carbonyl (C=O) groups is 1. The van der Waals surface area contributed by atoms with Gasteiger partial charge in [0.25, 0.3) is 5.91 Å². The van der Waals surface area contributed by atoms with Crippen LogP contribution in [0.4, 0.5) is 5.69 Å². The minimum atomic E-state index is -0.386. The summed E-state index contributed by atoms with van der Waals surface area (Å²) in [5.41, 5.74) is 4.08. The summed E-state index contributed by atoms with van der Waals surface area (Å²) in [6, 6.07) is 5.90. The first kappa shape index (κ1) is 20.4. The van der Waals surface area contributed by atoms with Crippen molar-refractivity contribution in [1.82, 2.24) is 4.57 Å². The number of halogens is 1. The van der Waals surface area contributed by atoms with Gasteiger partial charge in [-0.25, -0.2) is 0 Å². The number of hydrogen-bond acceptors (Lipinski definition) is 3. The highest BCUT2D eigenvalue weighted by molar-refractivity contribution is 9.10. The molecule has 2 aromatic rings. The van der Waals surface area contributed by atoms with Gasteiger partial charge in [-0.3, -0.25) is 9.59 Å². The second kappa shape index (κ2) is 8.64. The van der Waals surface area contributed by atoms with Gasteiger partial charge in [0.2, 0.25) is 5.43 Å². The first-order chi connectivity index (χ1) is 12.3. The molecule has 0 aliphatic rings. The molecule has 1 N–H and O–H groups in total. The van der Waals surface area contributed by atoms with Crippen LogP contribution in [0.2, 0.25) is 0 Å². The maximum absolute atomic E-state index is 13.0. The second-order valence-corrected chi connectivity index (χ2v) is 7.04. The van der Waals surface area contributed by atoms with Crippen LogP contribution in [-0.2, 0) is 17.7 Å². The van der Waals surface area contributed by atoms with E-state index in [1.807, 2.05) is 43.5 Å². The zero-order valence-corrected chi connectivity index (χ0v) is 17.5. The summed E-state index contributed by atoms with van der Waals surface area (Å²) in [5.74, 6) is -0.386. The Kier molecular flexibility index (Phi) is 6.78. The van der Waals surface area contributed by atoms with Crippen LogP contribution in [0.15, 0.2) is 27.5 Å². The predicted octanol–water partition coefficient (Wildman–Crippen LogP) is 4.00. The third kappa shape index (κ3) is 3.91. The van der Waals surface area contributed by atoms with Crippen molar-refractivity contribution in [2.75, 3.05) is 19.0 Å². The van der Waals surface area contributed by atoms with E-state index in [2.05, 4.69) is 21.2 Å². The van der Waals surface area contributed by atoms with Gasteiger partial charge in [-0.05, 0) is 54.2 Å². The number of carbonyl (C=O) groups excluding carboxylic acids is 1. The predicted molar refractivity (Wildman–Crippen MR) is 108 cm³/mol. The first-order valence-electron chi connectivity index (χ1n) is 8.61. The Morgan fingerprint density at radius 1 is 1.23 bits per heavy atom. The van der Waals surface area contributed by atoms with E-state index in [9.17, 15) is 9.59 Å². The quantitative estimate of drug-likeness (QED) is 0.767. The molecule has 5 nitrogen and oxygen atoms in total. The van der Waals surface area contributed by atoms with E-state index in [0.717, 1.165) is 28.9 Å². The van der Waals surface area contributed by atoms with Gasteiger partial charge >= 0.3 is 0 Å². The monoisotopic (exact) mass is 420 g/mol. The largest absolute Gasteiger partial charge is 0.383 e. The number of aromatic nitrogens is 1. The van der Waals surface area contributed by atoms with E-state index in [-0.39, 0.29) is 16.9 Å². The lowest BCUT2D eigenvalue weighted by Gasteiger charge is -2.19. The third-order valence-corrected chi connectivity index (χ3v) is 5.57. The van der Waals surface area contributed by atoms with Crippen molar-refractivity contribution in [2.45, 2.75) is 40.7 Å². The van der Waals surface area contributed by atoms with Crippen LogP contribution in [0, 0.1) is 20.8 Å². The number of ether oxygens (including phenoxy) is 1. The number of aryl methyl sites for hydroxylation is 2.